The Hall–Kier alpha value is -2.20. The number of nitriles is 1. The van der Waals surface area contributed by atoms with Crippen molar-refractivity contribution in [2.24, 2.45) is 0 Å². The molecular formula is C17H14ClN3O2S. The standard InChI is InChI=1S/C17H14ClN3O2S/c18-12-3-6-15-16(7-12)21-17(20-15)24-10-13(22)9-23-14-4-1-11(8-19)2-5-14/h1-7,13,22H,9-10H2,(H,20,21). The van der Waals surface area contributed by atoms with Crippen LogP contribution >= 0.6 is 23.4 Å². The maximum absolute atomic E-state index is 10.0. The number of aromatic nitrogens is 2. The average molecular weight is 360 g/mol. The van der Waals surface area contributed by atoms with Gasteiger partial charge in [0.25, 0.3) is 0 Å². The van der Waals surface area contributed by atoms with Crippen LogP contribution in [0.25, 0.3) is 11.0 Å². The van der Waals surface area contributed by atoms with Gasteiger partial charge in [-0.15, -0.1) is 0 Å². The number of fused-ring (bicyclic) bond motifs is 1. The van der Waals surface area contributed by atoms with Gasteiger partial charge in [0, 0.05) is 10.8 Å². The van der Waals surface area contributed by atoms with Crippen molar-refractivity contribution in [3.8, 4) is 11.8 Å². The molecule has 0 amide bonds. The van der Waals surface area contributed by atoms with Gasteiger partial charge in [0.15, 0.2) is 5.16 Å². The molecule has 3 rings (SSSR count). The predicted octanol–water partition coefficient (Wildman–Crippen LogP) is 3.62. The van der Waals surface area contributed by atoms with Gasteiger partial charge in [-0.1, -0.05) is 23.4 Å². The number of nitrogens with zero attached hydrogens (tertiary/aromatic N) is 2. The number of aromatic amines is 1. The fraction of sp³-hybridized carbons (Fsp3) is 0.176. The molecule has 0 radical (unpaired) electrons. The van der Waals surface area contributed by atoms with Crippen LogP contribution in [0.1, 0.15) is 5.56 Å². The van der Waals surface area contributed by atoms with Crippen LogP contribution in [-0.2, 0) is 0 Å². The maximum atomic E-state index is 10.0. The minimum Gasteiger partial charge on any atom is -0.491 e. The first-order valence-corrected chi connectivity index (χ1v) is 8.59. The number of H-pyrrole nitrogens is 1. The summed E-state index contributed by atoms with van der Waals surface area (Å²) in [5.74, 6) is 1.07. The van der Waals surface area contributed by atoms with E-state index in [1.807, 2.05) is 18.2 Å². The summed E-state index contributed by atoms with van der Waals surface area (Å²) in [4.78, 5) is 7.59. The van der Waals surface area contributed by atoms with Gasteiger partial charge in [-0.2, -0.15) is 5.26 Å². The number of imidazole rings is 1. The van der Waals surface area contributed by atoms with E-state index in [1.165, 1.54) is 11.8 Å². The average Bonchev–Trinajstić information content (AvgIpc) is 3.00. The minimum absolute atomic E-state index is 0.172. The first-order valence-electron chi connectivity index (χ1n) is 7.23. The molecule has 0 spiro atoms. The minimum atomic E-state index is -0.637. The summed E-state index contributed by atoms with van der Waals surface area (Å²) in [6.45, 7) is 0.172. The van der Waals surface area contributed by atoms with E-state index in [1.54, 1.807) is 30.3 Å². The van der Waals surface area contributed by atoms with E-state index in [2.05, 4.69) is 9.97 Å². The van der Waals surface area contributed by atoms with Crippen LogP contribution in [0, 0.1) is 11.3 Å². The molecular weight excluding hydrogens is 346 g/mol. The highest BCUT2D eigenvalue weighted by Gasteiger charge is 2.09. The molecule has 5 nitrogen and oxygen atoms in total. The molecule has 1 heterocycles. The Balaban J connectivity index is 1.50. The first-order chi connectivity index (χ1) is 11.6. The van der Waals surface area contributed by atoms with Gasteiger partial charge in [-0.25, -0.2) is 4.98 Å². The molecule has 1 aromatic heterocycles. The second-order valence-corrected chi connectivity index (χ2v) is 6.56. The van der Waals surface area contributed by atoms with E-state index >= 15 is 0 Å². The molecule has 122 valence electrons. The quantitative estimate of drug-likeness (QED) is 0.657. The van der Waals surface area contributed by atoms with E-state index in [0.29, 0.717) is 22.1 Å². The van der Waals surface area contributed by atoms with Crippen molar-refractivity contribution >= 4 is 34.4 Å². The maximum Gasteiger partial charge on any atom is 0.166 e. The van der Waals surface area contributed by atoms with E-state index in [-0.39, 0.29) is 6.61 Å². The van der Waals surface area contributed by atoms with E-state index in [0.717, 1.165) is 16.2 Å². The van der Waals surface area contributed by atoms with Gasteiger partial charge >= 0.3 is 0 Å². The smallest absolute Gasteiger partial charge is 0.166 e. The summed E-state index contributed by atoms with van der Waals surface area (Å²) in [7, 11) is 0. The number of aliphatic hydroxyl groups excluding tert-OH is 1. The lowest BCUT2D eigenvalue weighted by molar-refractivity contribution is 0.126. The number of thioether (sulfide) groups is 1. The number of rotatable bonds is 6. The van der Waals surface area contributed by atoms with Gasteiger partial charge in [0.1, 0.15) is 12.4 Å². The normalized spacial score (nSPS) is 12.0. The van der Waals surface area contributed by atoms with E-state index in [4.69, 9.17) is 21.6 Å². The van der Waals surface area contributed by atoms with Gasteiger partial charge in [0.05, 0.1) is 28.8 Å². The molecule has 0 aliphatic heterocycles. The highest BCUT2D eigenvalue weighted by molar-refractivity contribution is 7.99. The fourth-order valence-corrected chi connectivity index (χ4v) is 3.03. The molecule has 2 aromatic carbocycles. The number of benzene rings is 2. The van der Waals surface area contributed by atoms with Crippen molar-refractivity contribution in [1.82, 2.24) is 9.97 Å². The monoisotopic (exact) mass is 359 g/mol. The molecule has 0 saturated heterocycles. The van der Waals surface area contributed by atoms with Crippen LogP contribution in [-0.4, -0.2) is 33.5 Å². The SMILES string of the molecule is N#Cc1ccc(OCC(O)CSc2nc3ccc(Cl)cc3[nH]2)cc1. The molecule has 24 heavy (non-hydrogen) atoms. The van der Waals surface area contributed by atoms with Crippen molar-refractivity contribution in [2.45, 2.75) is 11.3 Å². The second kappa shape index (κ2) is 7.58. The Morgan fingerprint density at radius 1 is 1.29 bits per heavy atom. The third-order valence-electron chi connectivity index (χ3n) is 3.26. The Labute approximate surface area is 148 Å². The third-order valence-corrected chi connectivity index (χ3v) is 4.51. The lowest BCUT2D eigenvalue weighted by Crippen LogP contribution is -2.20. The number of nitrogens with one attached hydrogen (secondary N) is 1. The first kappa shape index (κ1) is 16.7. The summed E-state index contributed by atoms with van der Waals surface area (Å²) in [5.41, 5.74) is 2.28. The van der Waals surface area contributed by atoms with Crippen molar-refractivity contribution in [3.63, 3.8) is 0 Å². The topological polar surface area (TPSA) is 81.9 Å². The molecule has 1 unspecified atom stereocenters. The lowest BCUT2D eigenvalue weighted by Gasteiger charge is -2.11. The Bertz CT molecular complexity index is 874. The predicted molar refractivity (Wildman–Crippen MR) is 94.5 cm³/mol. The number of ether oxygens (including phenoxy) is 1. The fourth-order valence-electron chi connectivity index (χ4n) is 2.07. The van der Waals surface area contributed by atoms with Crippen LogP contribution < -0.4 is 4.74 Å². The van der Waals surface area contributed by atoms with Gasteiger partial charge in [-0.05, 0) is 42.5 Å². The highest BCUT2D eigenvalue weighted by Crippen LogP contribution is 2.22. The third kappa shape index (κ3) is 4.20. The van der Waals surface area contributed by atoms with Crippen LogP contribution in [0.2, 0.25) is 5.02 Å². The molecule has 0 bridgehead atoms. The summed E-state index contributed by atoms with van der Waals surface area (Å²) in [6.07, 6.45) is -0.637. The second-order valence-electron chi connectivity index (χ2n) is 5.12. The Kier molecular flexibility index (Phi) is 5.26. The molecule has 2 N–H and O–H groups in total. The largest absolute Gasteiger partial charge is 0.491 e. The Morgan fingerprint density at radius 2 is 2.08 bits per heavy atom. The summed E-state index contributed by atoms with van der Waals surface area (Å²) < 4.78 is 5.51. The summed E-state index contributed by atoms with van der Waals surface area (Å²) in [5, 5.41) is 20.2. The number of halogens is 1. The summed E-state index contributed by atoms with van der Waals surface area (Å²) >= 11 is 7.36. The molecule has 3 aromatic rings. The number of hydrogen-bond donors (Lipinski definition) is 2. The van der Waals surface area contributed by atoms with Crippen LogP contribution in [0.5, 0.6) is 5.75 Å². The molecule has 7 heteroatoms. The van der Waals surface area contributed by atoms with Gasteiger partial charge in [0.2, 0.25) is 0 Å². The van der Waals surface area contributed by atoms with Crippen molar-refractivity contribution in [3.05, 3.63) is 53.1 Å². The highest BCUT2D eigenvalue weighted by atomic mass is 35.5. The van der Waals surface area contributed by atoms with Crippen molar-refractivity contribution in [2.75, 3.05) is 12.4 Å². The van der Waals surface area contributed by atoms with Crippen molar-refractivity contribution < 1.29 is 9.84 Å². The van der Waals surface area contributed by atoms with Crippen LogP contribution in [0.3, 0.4) is 0 Å². The molecule has 0 saturated carbocycles. The van der Waals surface area contributed by atoms with E-state index < -0.39 is 6.10 Å². The van der Waals surface area contributed by atoms with Crippen LogP contribution in [0.4, 0.5) is 0 Å². The molecule has 0 aliphatic rings. The van der Waals surface area contributed by atoms with Gasteiger partial charge < -0.3 is 14.8 Å². The number of hydrogen-bond acceptors (Lipinski definition) is 5. The molecule has 0 aliphatic carbocycles. The zero-order chi connectivity index (χ0) is 16.9. The van der Waals surface area contributed by atoms with Crippen molar-refractivity contribution in [1.29, 1.82) is 5.26 Å². The molecule has 0 fully saturated rings. The molecule has 1 atom stereocenters. The number of aliphatic hydroxyl groups is 1. The van der Waals surface area contributed by atoms with Gasteiger partial charge in [-0.3, -0.25) is 0 Å². The summed E-state index contributed by atoms with van der Waals surface area (Å²) in [6, 6.07) is 14.3. The zero-order valence-electron chi connectivity index (χ0n) is 12.6. The zero-order valence-corrected chi connectivity index (χ0v) is 14.1. The van der Waals surface area contributed by atoms with Crippen LogP contribution in [0.15, 0.2) is 47.6 Å². The lowest BCUT2D eigenvalue weighted by atomic mass is 10.2. The van der Waals surface area contributed by atoms with E-state index in [9.17, 15) is 5.11 Å². The Morgan fingerprint density at radius 3 is 2.83 bits per heavy atom.